The van der Waals surface area contributed by atoms with Crippen LogP contribution in [0.3, 0.4) is 0 Å². The van der Waals surface area contributed by atoms with E-state index < -0.39 is 11.8 Å². The Labute approximate surface area is 160 Å². The monoisotopic (exact) mass is 382 g/mol. The average molecular weight is 382 g/mol. The number of pyridine rings is 1. The van der Waals surface area contributed by atoms with Crippen molar-refractivity contribution in [2.45, 2.75) is 19.9 Å². The molecule has 0 unspecified atom stereocenters. The third kappa shape index (κ3) is 4.22. The number of nitrogens with one attached hydrogen (secondary N) is 1. The van der Waals surface area contributed by atoms with Crippen molar-refractivity contribution in [1.29, 1.82) is 0 Å². The predicted octanol–water partition coefficient (Wildman–Crippen LogP) is 2.42. The molecular formula is C20H19FN4O3. The van der Waals surface area contributed by atoms with Gasteiger partial charge in [0.15, 0.2) is 0 Å². The van der Waals surface area contributed by atoms with Crippen LogP contribution in [0.4, 0.5) is 4.39 Å². The first-order valence-corrected chi connectivity index (χ1v) is 8.56. The maximum absolute atomic E-state index is 13.2. The summed E-state index contributed by atoms with van der Waals surface area (Å²) in [5, 5.41) is 2.92. The quantitative estimate of drug-likeness (QED) is 0.524. The Kier molecular flexibility index (Phi) is 5.78. The number of nitrogens with zero attached hydrogens (tertiary/aromatic N) is 3. The van der Waals surface area contributed by atoms with E-state index in [9.17, 15) is 14.0 Å². The van der Waals surface area contributed by atoms with E-state index in [1.165, 1.54) is 36.1 Å². The fraction of sp³-hybridized carbons (Fsp3) is 0.200. The van der Waals surface area contributed by atoms with Crippen molar-refractivity contribution in [2.24, 2.45) is 4.99 Å². The van der Waals surface area contributed by atoms with E-state index in [2.05, 4.69) is 15.1 Å². The molecule has 0 fully saturated rings. The number of carbonyl (C=O) groups excluding carboxylic acids is 1. The molecular weight excluding hydrogens is 363 g/mol. The first-order chi connectivity index (χ1) is 13.5. The lowest BCUT2D eigenvalue weighted by Crippen LogP contribution is -2.20. The fourth-order valence-corrected chi connectivity index (χ4v) is 2.75. The highest BCUT2D eigenvalue weighted by Crippen LogP contribution is 2.12. The number of aromatic nitrogens is 3. The normalized spacial score (nSPS) is 11.5. The molecule has 0 aliphatic heterocycles. The molecule has 0 saturated carbocycles. The largest absolute Gasteiger partial charge is 0.469 e. The van der Waals surface area contributed by atoms with Gasteiger partial charge in [-0.2, -0.15) is 0 Å². The van der Waals surface area contributed by atoms with Gasteiger partial charge in [-0.25, -0.2) is 9.07 Å². The van der Waals surface area contributed by atoms with Crippen LogP contribution in [0, 0.1) is 5.82 Å². The first-order valence-electron chi connectivity index (χ1n) is 8.56. The zero-order chi connectivity index (χ0) is 20.1. The zero-order valence-corrected chi connectivity index (χ0v) is 15.5. The Hall–Kier alpha value is -3.55. The summed E-state index contributed by atoms with van der Waals surface area (Å²) < 4.78 is 19.2. The van der Waals surface area contributed by atoms with E-state index in [1.54, 1.807) is 25.4 Å². The van der Waals surface area contributed by atoms with Crippen LogP contribution in [-0.4, -0.2) is 33.6 Å². The number of benzene rings is 1. The van der Waals surface area contributed by atoms with Crippen LogP contribution < -0.4 is 5.56 Å². The first kappa shape index (κ1) is 19.2. The van der Waals surface area contributed by atoms with Gasteiger partial charge in [-0.3, -0.25) is 24.7 Å². The Morgan fingerprint density at radius 2 is 2.04 bits per heavy atom. The van der Waals surface area contributed by atoms with E-state index >= 15 is 0 Å². The second-order valence-electron chi connectivity index (χ2n) is 6.10. The maximum atomic E-state index is 13.2. The van der Waals surface area contributed by atoms with Gasteiger partial charge in [0.25, 0.3) is 5.56 Å². The molecule has 1 aromatic carbocycles. The van der Waals surface area contributed by atoms with Crippen LogP contribution >= 0.6 is 0 Å². The van der Waals surface area contributed by atoms with Crippen molar-refractivity contribution in [3.8, 4) is 5.69 Å². The Morgan fingerprint density at radius 3 is 2.68 bits per heavy atom. The highest BCUT2D eigenvalue weighted by Gasteiger charge is 2.20. The number of hydrogen-bond acceptors (Lipinski definition) is 5. The van der Waals surface area contributed by atoms with E-state index in [0.717, 1.165) is 5.56 Å². The second-order valence-corrected chi connectivity index (χ2v) is 6.10. The minimum absolute atomic E-state index is 0.116. The molecule has 0 saturated heterocycles. The lowest BCUT2D eigenvalue weighted by Gasteiger charge is -2.02. The number of ether oxygens (including phenoxy) is 1. The average Bonchev–Trinajstić information content (AvgIpc) is 3.03. The highest BCUT2D eigenvalue weighted by molar-refractivity contribution is 6.00. The van der Waals surface area contributed by atoms with Crippen LogP contribution in [0.5, 0.6) is 0 Å². The molecule has 1 N–H and O–H groups in total. The zero-order valence-electron chi connectivity index (χ0n) is 15.5. The molecule has 0 amide bonds. The highest BCUT2D eigenvalue weighted by atomic mass is 19.1. The molecule has 144 valence electrons. The Morgan fingerprint density at radius 1 is 1.29 bits per heavy atom. The number of aliphatic imine (C=N–C) groups is 1. The lowest BCUT2D eigenvalue weighted by molar-refractivity contribution is -0.139. The molecule has 0 radical (unpaired) electrons. The van der Waals surface area contributed by atoms with Crippen LogP contribution in [0.2, 0.25) is 0 Å². The van der Waals surface area contributed by atoms with Crippen LogP contribution in [0.15, 0.2) is 58.6 Å². The van der Waals surface area contributed by atoms with E-state index in [0.29, 0.717) is 29.2 Å². The second kappa shape index (κ2) is 8.43. The molecule has 8 heteroatoms. The van der Waals surface area contributed by atoms with Gasteiger partial charge in [-0.05, 0) is 42.8 Å². The fourth-order valence-electron chi connectivity index (χ4n) is 2.75. The summed E-state index contributed by atoms with van der Waals surface area (Å²) >= 11 is 0. The van der Waals surface area contributed by atoms with Gasteiger partial charge in [0.05, 0.1) is 37.0 Å². The van der Waals surface area contributed by atoms with Gasteiger partial charge in [0.2, 0.25) is 0 Å². The van der Waals surface area contributed by atoms with Gasteiger partial charge in [0, 0.05) is 18.1 Å². The number of H-pyrrole nitrogens is 1. The molecule has 0 bridgehead atoms. The lowest BCUT2D eigenvalue weighted by atomic mass is 10.1. The van der Waals surface area contributed by atoms with Crippen LogP contribution in [0.1, 0.15) is 23.7 Å². The number of aromatic amines is 1. The summed E-state index contributed by atoms with van der Waals surface area (Å²) in [5.74, 6) is -0.901. The summed E-state index contributed by atoms with van der Waals surface area (Å²) in [5.41, 5.74) is 2.12. The molecule has 2 aromatic heterocycles. The van der Waals surface area contributed by atoms with Crippen LogP contribution in [-0.2, 0) is 22.5 Å². The number of methoxy groups -OCH3 is 1. The topological polar surface area (TPSA) is 89.3 Å². The van der Waals surface area contributed by atoms with E-state index in [4.69, 9.17) is 4.74 Å². The molecule has 2 heterocycles. The van der Waals surface area contributed by atoms with E-state index in [1.807, 2.05) is 6.07 Å². The summed E-state index contributed by atoms with van der Waals surface area (Å²) in [4.78, 5) is 33.3. The summed E-state index contributed by atoms with van der Waals surface area (Å²) in [6, 6.07) is 9.15. The number of esters is 1. The number of hydrogen-bond donors (Lipinski definition) is 1. The number of carbonyl (C=O) groups is 1. The molecule has 3 aromatic rings. The molecule has 0 aliphatic carbocycles. The van der Waals surface area contributed by atoms with Gasteiger partial charge >= 0.3 is 5.97 Å². The molecule has 0 atom stereocenters. The minimum atomic E-state index is -0.492. The third-order valence-electron chi connectivity index (χ3n) is 4.18. The molecule has 28 heavy (non-hydrogen) atoms. The van der Waals surface area contributed by atoms with Crippen molar-refractivity contribution in [1.82, 2.24) is 14.8 Å². The van der Waals surface area contributed by atoms with Crippen molar-refractivity contribution < 1.29 is 13.9 Å². The van der Waals surface area contributed by atoms with Gasteiger partial charge in [-0.15, -0.1) is 0 Å². The number of rotatable bonds is 6. The van der Waals surface area contributed by atoms with Crippen molar-refractivity contribution in [2.75, 3.05) is 7.11 Å². The van der Waals surface area contributed by atoms with Crippen LogP contribution in [0.25, 0.3) is 5.69 Å². The van der Waals surface area contributed by atoms with Crippen molar-refractivity contribution >= 4 is 11.7 Å². The van der Waals surface area contributed by atoms with Gasteiger partial charge in [-0.1, -0.05) is 6.07 Å². The predicted molar refractivity (Wildman–Crippen MR) is 102 cm³/mol. The molecule has 0 aliphatic rings. The minimum Gasteiger partial charge on any atom is -0.469 e. The molecule has 3 rings (SSSR count). The standard InChI is InChI=1S/C20H19FN4O3/c1-13(23-12-14-4-3-9-22-11-14)19-17(10-18(26)28-2)24-25(20(19)27)16-7-5-15(21)6-8-16/h3-9,11,24H,10,12H2,1-2H3. The van der Waals surface area contributed by atoms with Crippen molar-refractivity contribution in [3.63, 3.8) is 0 Å². The summed E-state index contributed by atoms with van der Waals surface area (Å²) in [6.45, 7) is 2.05. The summed E-state index contributed by atoms with van der Waals surface area (Å²) in [6.07, 6.45) is 3.25. The molecule has 7 nitrogen and oxygen atoms in total. The van der Waals surface area contributed by atoms with Gasteiger partial charge in [0.1, 0.15) is 5.82 Å². The van der Waals surface area contributed by atoms with Crippen molar-refractivity contribution in [3.05, 3.63) is 81.8 Å². The molecule has 0 spiro atoms. The summed E-state index contributed by atoms with van der Waals surface area (Å²) in [7, 11) is 1.28. The smallest absolute Gasteiger partial charge is 0.311 e. The third-order valence-corrected chi connectivity index (χ3v) is 4.18. The Bertz CT molecular complexity index is 1050. The maximum Gasteiger partial charge on any atom is 0.311 e. The Balaban J connectivity index is 2.03. The van der Waals surface area contributed by atoms with E-state index in [-0.39, 0.29) is 12.0 Å². The SMILES string of the molecule is COC(=O)Cc1[nH]n(-c2ccc(F)cc2)c(=O)c1C(C)=NCc1cccnc1. The number of halogens is 1. The van der Waals surface area contributed by atoms with Gasteiger partial charge < -0.3 is 4.74 Å².